The molecule has 66 heavy (non-hydrogen) atoms. The van der Waals surface area contributed by atoms with Crippen molar-refractivity contribution in [1.29, 1.82) is 0 Å². The Hall–Kier alpha value is -8.37. The molecular weight excluding hydrogens is 801 g/mol. The third-order valence-corrected chi connectivity index (χ3v) is 13.7. The van der Waals surface area contributed by atoms with Crippen LogP contribution in [0, 0.1) is 0 Å². The molecule has 3 nitrogen and oxygen atoms in total. The van der Waals surface area contributed by atoms with Crippen LogP contribution in [0.3, 0.4) is 0 Å². The van der Waals surface area contributed by atoms with Gasteiger partial charge in [-0.15, -0.1) is 0 Å². The zero-order valence-corrected chi connectivity index (χ0v) is 36.1. The fraction of sp³-hybridized carbons (Fsp3) is 0.0317. The summed E-state index contributed by atoms with van der Waals surface area (Å²) < 4.78 is 6.86. The summed E-state index contributed by atoms with van der Waals surface area (Å²) in [4.78, 5) is 5.22. The Morgan fingerprint density at radius 2 is 0.924 bits per heavy atom. The van der Waals surface area contributed by atoms with E-state index in [4.69, 9.17) is 9.41 Å². The van der Waals surface area contributed by atoms with Gasteiger partial charge in [-0.1, -0.05) is 201 Å². The zero-order chi connectivity index (χ0) is 43.7. The van der Waals surface area contributed by atoms with Crippen molar-refractivity contribution < 1.29 is 4.42 Å². The zero-order valence-electron chi connectivity index (χ0n) is 36.1. The average molecular weight is 843 g/mol. The van der Waals surface area contributed by atoms with Crippen LogP contribution in [-0.2, 0) is 0 Å². The molecule has 12 aromatic rings. The van der Waals surface area contributed by atoms with Crippen LogP contribution in [0.5, 0.6) is 0 Å². The number of hydrogen-bond donors (Lipinski definition) is 1. The Kier molecular flexibility index (Phi) is 8.90. The molecule has 0 bridgehead atoms. The van der Waals surface area contributed by atoms with E-state index in [0.29, 0.717) is 0 Å². The standard InChI is InChI=1S/C63H42N2O/c1-39-60(40-17-4-2-5-18-40)64-63(41-19-6-3-7-20-41)65-61(39)46-24-15-22-43(36-46)42-21-14-23-44(35-42)55-38-57-59-47(31-16-32-58(59)66-62(57)54-30-13-12-29-52(54)55)45-33-34-53-50-27-9-8-25-48(50)49-26-10-11-28-51(49)56(53)37-45/h2-38,61,63,65H,1H2. The molecule has 0 spiro atoms. The fourth-order valence-electron chi connectivity index (χ4n) is 10.6. The van der Waals surface area contributed by atoms with Crippen molar-refractivity contribution in [2.24, 2.45) is 4.99 Å². The molecule has 0 amide bonds. The van der Waals surface area contributed by atoms with Gasteiger partial charge in [0, 0.05) is 21.7 Å². The van der Waals surface area contributed by atoms with Gasteiger partial charge in [0.15, 0.2) is 0 Å². The van der Waals surface area contributed by atoms with Gasteiger partial charge in [-0.25, -0.2) is 0 Å². The topological polar surface area (TPSA) is 37.5 Å². The first-order valence-corrected chi connectivity index (χ1v) is 22.7. The first-order valence-electron chi connectivity index (χ1n) is 22.7. The maximum Gasteiger partial charge on any atom is 0.143 e. The number of furan rings is 1. The van der Waals surface area contributed by atoms with Crippen molar-refractivity contribution in [2.75, 3.05) is 0 Å². The van der Waals surface area contributed by atoms with Crippen LogP contribution in [0.1, 0.15) is 28.9 Å². The van der Waals surface area contributed by atoms with E-state index in [0.717, 1.165) is 82.9 Å². The summed E-state index contributed by atoms with van der Waals surface area (Å²) in [5.74, 6) is 0. The predicted octanol–water partition coefficient (Wildman–Crippen LogP) is 16.6. The van der Waals surface area contributed by atoms with Gasteiger partial charge in [0.2, 0.25) is 0 Å². The molecular formula is C63H42N2O. The largest absolute Gasteiger partial charge is 0.455 e. The van der Waals surface area contributed by atoms with E-state index in [1.807, 2.05) is 12.1 Å². The lowest BCUT2D eigenvalue weighted by Crippen LogP contribution is -2.34. The minimum Gasteiger partial charge on any atom is -0.455 e. The Labute approximate surface area is 382 Å². The highest BCUT2D eigenvalue weighted by atomic mass is 16.3. The molecule has 1 aromatic heterocycles. The number of hydrogen-bond acceptors (Lipinski definition) is 3. The van der Waals surface area contributed by atoms with Crippen molar-refractivity contribution in [2.45, 2.75) is 12.2 Å². The smallest absolute Gasteiger partial charge is 0.143 e. The van der Waals surface area contributed by atoms with E-state index in [1.54, 1.807) is 0 Å². The number of aliphatic imine (C=N–C) groups is 1. The minimum atomic E-state index is -0.215. The molecule has 1 N–H and O–H groups in total. The Balaban J connectivity index is 0.932. The van der Waals surface area contributed by atoms with E-state index in [-0.39, 0.29) is 12.2 Å². The van der Waals surface area contributed by atoms with E-state index >= 15 is 0 Å². The van der Waals surface area contributed by atoms with Crippen LogP contribution < -0.4 is 5.32 Å². The van der Waals surface area contributed by atoms with Gasteiger partial charge in [-0.3, -0.25) is 10.3 Å². The summed E-state index contributed by atoms with van der Waals surface area (Å²) in [6.07, 6.45) is -0.215. The van der Waals surface area contributed by atoms with Crippen LogP contribution in [-0.4, -0.2) is 5.71 Å². The van der Waals surface area contributed by atoms with Gasteiger partial charge in [0.1, 0.15) is 17.3 Å². The van der Waals surface area contributed by atoms with Gasteiger partial charge in [-0.05, 0) is 118 Å². The van der Waals surface area contributed by atoms with Crippen molar-refractivity contribution in [3.8, 4) is 33.4 Å². The van der Waals surface area contributed by atoms with Gasteiger partial charge in [0.25, 0.3) is 0 Å². The van der Waals surface area contributed by atoms with Crippen molar-refractivity contribution in [3.63, 3.8) is 0 Å². The summed E-state index contributed by atoms with van der Waals surface area (Å²) >= 11 is 0. The lowest BCUT2D eigenvalue weighted by molar-refractivity contribution is 0.488. The molecule has 2 unspecified atom stereocenters. The summed E-state index contributed by atoms with van der Waals surface area (Å²) in [6.45, 7) is 4.65. The highest BCUT2D eigenvalue weighted by Crippen LogP contribution is 2.45. The van der Waals surface area contributed by atoms with Gasteiger partial charge in [-0.2, -0.15) is 0 Å². The Bertz CT molecular complexity index is 3900. The van der Waals surface area contributed by atoms with Crippen LogP contribution in [0.15, 0.2) is 246 Å². The predicted molar refractivity (Wildman–Crippen MR) is 277 cm³/mol. The molecule has 1 aliphatic heterocycles. The van der Waals surface area contributed by atoms with Crippen LogP contribution in [0.25, 0.3) is 98.4 Å². The molecule has 3 heteroatoms. The SMILES string of the molecule is C=C1C(c2ccccc2)=NC(c2ccccc2)NC1c1cccc(-c2cccc(-c3cc4c(oc5cccc(-c6ccc7c8ccccc8c8ccccc8c7c6)c54)c4ccccc34)c2)c1. The number of nitrogens with zero attached hydrogens (tertiary/aromatic N) is 1. The first kappa shape index (κ1) is 38.1. The summed E-state index contributed by atoms with van der Waals surface area (Å²) in [6, 6.07) is 80.6. The second-order valence-corrected chi connectivity index (χ2v) is 17.5. The molecule has 13 rings (SSSR count). The monoisotopic (exact) mass is 842 g/mol. The number of benzene rings is 11. The quantitative estimate of drug-likeness (QED) is 0.169. The van der Waals surface area contributed by atoms with Gasteiger partial charge in [0.05, 0.1) is 11.8 Å². The molecule has 0 fully saturated rings. The van der Waals surface area contributed by atoms with Crippen LogP contribution in [0.4, 0.5) is 0 Å². The summed E-state index contributed by atoms with van der Waals surface area (Å²) in [5.41, 5.74) is 13.9. The van der Waals surface area contributed by atoms with Crippen molar-refractivity contribution >= 4 is 70.7 Å². The second-order valence-electron chi connectivity index (χ2n) is 17.5. The van der Waals surface area contributed by atoms with Crippen LogP contribution in [0.2, 0.25) is 0 Å². The summed E-state index contributed by atoms with van der Waals surface area (Å²) in [7, 11) is 0. The third-order valence-electron chi connectivity index (χ3n) is 13.7. The lowest BCUT2D eigenvalue weighted by atomic mass is 9.88. The van der Waals surface area contributed by atoms with E-state index in [1.165, 1.54) is 43.4 Å². The number of rotatable bonds is 6. The highest BCUT2D eigenvalue weighted by molar-refractivity contribution is 6.27. The minimum absolute atomic E-state index is 0.137. The molecule has 2 atom stereocenters. The van der Waals surface area contributed by atoms with E-state index in [2.05, 4.69) is 224 Å². The fourth-order valence-corrected chi connectivity index (χ4v) is 10.6. The molecule has 0 radical (unpaired) electrons. The maximum absolute atomic E-state index is 6.86. The number of fused-ring (bicyclic) bond motifs is 11. The molecule has 2 heterocycles. The van der Waals surface area contributed by atoms with Crippen molar-refractivity contribution in [1.82, 2.24) is 5.32 Å². The molecule has 0 saturated heterocycles. The molecule has 0 saturated carbocycles. The van der Waals surface area contributed by atoms with E-state index in [9.17, 15) is 0 Å². The molecule has 310 valence electrons. The highest BCUT2D eigenvalue weighted by Gasteiger charge is 2.30. The number of nitrogens with one attached hydrogen (secondary N) is 1. The molecule has 1 aliphatic rings. The normalized spacial score (nSPS) is 15.3. The lowest BCUT2D eigenvalue weighted by Gasteiger charge is -2.32. The van der Waals surface area contributed by atoms with Gasteiger partial charge >= 0.3 is 0 Å². The molecule has 0 aliphatic carbocycles. The van der Waals surface area contributed by atoms with E-state index < -0.39 is 0 Å². The van der Waals surface area contributed by atoms with Crippen molar-refractivity contribution in [3.05, 3.63) is 253 Å². The average Bonchev–Trinajstić information content (AvgIpc) is 3.78. The van der Waals surface area contributed by atoms with Crippen LogP contribution >= 0.6 is 0 Å². The summed E-state index contributed by atoms with van der Waals surface area (Å²) in [5, 5.41) is 15.9. The molecule has 11 aromatic carbocycles. The third kappa shape index (κ3) is 6.20. The maximum atomic E-state index is 6.86. The van der Waals surface area contributed by atoms with Gasteiger partial charge < -0.3 is 4.42 Å². The first-order chi connectivity index (χ1) is 32.6. The Morgan fingerprint density at radius 3 is 1.67 bits per heavy atom. The Morgan fingerprint density at radius 1 is 0.379 bits per heavy atom. The second kappa shape index (κ2) is 15.4.